The van der Waals surface area contributed by atoms with Crippen molar-refractivity contribution in [1.82, 2.24) is 0 Å². The molecule has 1 heterocycles. The van der Waals surface area contributed by atoms with E-state index in [1.807, 2.05) is 49.4 Å². The Balaban J connectivity index is 1.71. The van der Waals surface area contributed by atoms with Crippen molar-refractivity contribution in [3.05, 3.63) is 88.6 Å². The van der Waals surface area contributed by atoms with Crippen LogP contribution in [0.2, 0.25) is 10.0 Å². The number of anilines is 1. The zero-order valence-corrected chi connectivity index (χ0v) is 18.4. The van der Waals surface area contributed by atoms with E-state index in [4.69, 9.17) is 32.4 Å². The van der Waals surface area contributed by atoms with Crippen molar-refractivity contribution >= 4 is 51.3 Å². The highest BCUT2D eigenvalue weighted by Crippen LogP contribution is 2.37. The summed E-state index contributed by atoms with van der Waals surface area (Å²) in [6.07, 6.45) is 3.24. The smallest absolute Gasteiger partial charge is 0.248 e. The molecule has 0 spiro atoms. The molecule has 0 aliphatic rings. The Hall–Kier alpha value is -3.21. The Labute approximate surface area is 190 Å². The van der Waals surface area contributed by atoms with Crippen molar-refractivity contribution < 1.29 is 13.9 Å². The molecule has 31 heavy (non-hydrogen) atoms. The molecule has 1 aromatic heterocycles. The van der Waals surface area contributed by atoms with E-state index < -0.39 is 0 Å². The first-order valence-electron chi connectivity index (χ1n) is 9.56. The van der Waals surface area contributed by atoms with Crippen LogP contribution in [-0.2, 0) is 4.79 Å². The minimum Gasteiger partial charge on any atom is -0.496 e. The molecule has 6 heteroatoms. The highest BCUT2D eigenvalue weighted by Gasteiger charge is 2.15. The molecule has 0 saturated carbocycles. The number of methoxy groups -OCH3 is 1. The number of furan rings is 1. The molecule has 0 aliphatic heterocycles. The zero-order valence-electron chi connectivity index (χ0n) is 16.9. The van der Waals surface area contributed by atoms with E-state index in [0.29, 0.717) is 27.1 Å². The molecule has 0 atom stereocenters. The van der Waals surface area contributed by atoms with Gasteiger partial charge in [-0.1, -0.05) is 59.6 Å². The highest BCUT2D eigenvalue weighted by molar-refractivity contribution is 6.44. The van der Waals surface area contributed by atoms with Gasteiger partial charge in [0.25, 0.3) is 0 Å². The number of ether oxygens (including phenoxy) is 1. The van der Waals surface area contributed by atoms with Crippen molar-refractivity contribution in [2.45, 2.75) is 6.92 Å². The van der Waals surface area contributed by atoms with Crippen molar-refractivity contribution in [2.24, 2.45) is 0 Å². The number of halogens is 2. The normalized spacial score (nSPS) is 11.5. The van der Waals surface area contributed by atoms with Crippen LogP contribution in [0.3, 0.4) is 0 Å². The Morgan fingerprint density at radius 2 is 1.84 bits per heavy atom. The minimum atomic E-state index is -0.320. The molecular formula is C25H19Cl2NO3. The van der Waals surface area contributed by atoms with Crippen molar-refractivity contribution in [3.63, 3.8) is 0 Å². The first-order valence-corrected chi connectivity index (χ1v) is 10.3. The van der Waals surface area contributed by atoms with Crippen molar-refractivity contribution in [1.29, 1.82) is 0 Å². The van der Waals surface area contributed by atoms with E-state index in [1.165, 1.54) is 6.08 Å². The van der Waals surface area contributed by atoms with Crippen molar-refractivity contribution in [3.8, 4) is 16.9 Å². The zero-order chi connectivity index (χ0) is 22.0. The van der Waals surface area contributed by atoms with E-state index in [1.54, 1.807) is 31.6 Å². The number of carbonyl (C=O) groups excluding carboxylic acids is 1. The van der Waals surface area contributed by atoms with Crippen LogP contribution in [-0.4, -0.2) is 13.0 Å². The van der Waals surface area contributed by atoms with E-state index in [9.17, 15) is 4.79 Å². The summed E-state index contributed by atoms with van der Waals surface area (Å²) in [5.41, 5.74) is 4.71. The molecule has 1 N–H and O–H groups in total. The molecule has 0 aliphatic carbocycles. The molecule has 1 amide bonds. The maximum Gasteiger partial charge on any atom is 0.248 e. The van der Waals surface area contributed by atoms with E-state index in [0.717, 1.165) is 27.6 Å². The van der Waals surface area contributed by atoms with Gasteiger partial charge in [-0.15, -0.1) is 0 Å². The maximum atomic E-state index is 12.6. The monoisotopic (exact) mass is 451 g/mol. The van der Waals surface area contributed by atoms with Gasteiger partial charge in [0, 0.05) is 28.7 Å². The number of amides is 1. The summed E-state index contributed by atoms with van der Waals surface area (Å²) in [4.78, 5) is 12.6. The number of benzene rings is 3. The number of nitrogens with one attached hydrogen (secondary N) is 1. The number of hydrogen-bond donors (Lipinski definition) is 1. The maximum absolute atomic E-state index is 12.6. The second-order valence-corrected chi connectivity index (χ2v) is 7.77. The van der Waals surface area contributed by atoms with Gasteiger partial charge in [0.05, 0.1) is 29.1 Å². The first kappa shape index (κ1) is 21.0. The Kier molecular flexibility index (Phi) is 6.03. The molecule has 4 nitrogen and oxygen atoms in total. The Morgan fingerprint density at radius 1 is 1.06 bits per heavy atom. The standard InChI is InChI=1S/C25H19Cl2NO3/c1-15(11-24(29)28-21-10-6-9-20(26)25(21)27)17-12-18-19(16-7-4-3-5-8-16)14-31-23(18)13-22(17)30-2/h3-14H,1-2H3,(H,28,29)/b15-11+. The SMILES string of the molecule is COc1cc2occ(-c3ccccc3)c2cc1/C(C)=C/C(=O)Nc1cccc(Cl)c1Cl. The largest absolute Gasteiger partial charge is 0.496 e. The van der Waals surface area contributed by atoms with Crippen LogP contribution in [0.5, 0.6) is 5.75 Å². The van der Waals surface area contributed by atoms with Gasteiger partial charge in [-0.3, -0.25) is 4.79 Å². The molecule has 0 radical (unpaired) electrons. The topological polar surface area (TPSA) is 51.5 Å². The van der Waals surface area contributed by atoms with Gasteiger partial charge in [0.1, 0.15) is 11.3 Å². The van der Waals surface area contributed by atoms with Gasteiger partial charge >= 0.3 is 0 Å². The van der Waals surface area contributed by atoms with Crippen LogP contribution in [0.1, 0.15) is 12.5 Å². The molecule has 0 bridgehead atoms. The molecular weight excluding hydrogens is 433 g/mol. The number of carbonyl (C=O) groups is 1. The van der Waals surface area contributed by atoms with Gasteiger partial charge in [0.2, 0.25) is 5.91 Å². The van der Waals surface area contributed by atoms with Crippen LogP contribution in [0, 0.1) is 0 Å². The number of fused-ring (bicyclic) bond motifs is 1. The summed E-state index contributed by atoms with van der Waals surface area (Å²) in [7, 11) is 1.59. The third kappa shape index (κ3) is 4.31. The fourth-order valence-electron chi connectivity index (χ4n) is 3.42. The molecule has 4 aromatic rings. The lowest BCUT2D eigenvalue weighted by molar-refractivity contribution is -0.111. The average Bonchev–Trinajstić information content (AvgIpc) is 3.19. The Bertz CT molecular complexity index is 1290. The van der Waals surface area contributed by atoms with E-state index in [2.05, 4.69) is 5.32 Å². The molecule has 3 aromatic carbocycles. The van der Waals surface area contributed by atoms with Gasteiger partial charge in [-0.05, 0) is 36.3 Å². The molecule has 0 saturated heterocycles. The van der Waals surface area contributed by atoms with Crippen LogP contribution in [0.15, 0.2) is 77.4 Å². The lowest BCUT2D eigenvalue weighted by Crippen LogP contribution is -2.09. The number of hydrogen-bond acceptors (Lipinski definition) is 3. The van der Waals surface area contributed by atoms with Crippen LogP contribution in [0.25, 0.3) is 27.7 Å². The predicted molar refractivity (Wildman–Crippen MR) is 127 cm³/mol. The minimum absolute atomic E-state index is 0.300. The quantitative estimate of drug-likeness (QED) is 0.320. The van der Waals surface area contributed by atoms with Gasteiger partial charge in [0.15, 0.2) is 0 Å². The summed E-state index contributed by atoms with van der Waals surface area (Å²) in [6, 6.07) is 18.9. The first-order chi connectivity index (χ1) is 15.0. The average molecular weight is 452 g/mol. The molecule has 4 rings (SSSR count). The summed E-state index contributed by atoms with van der Waals surface area (Å²) in [6.45, 7) is 1.85. The van der Waals surface area contributed by atoms with Gasteiger partial charge in [-0.25, -0.2) is 0 Å². The van der Waals surface area contributed by atoms with Gasteiger partial charge < -0.3 is 14.5 Å². The summed E-state index contributed by atoms with van der Waals surface area (Å²) >= 11 is 12.2. The molecule has 0 fully saturated rings. The highest BCUT2D eigenvalue weighted by atomic mass is 35.5. The third-order valence-electron chi connectivity index (χ3n) is 4.96. The molecule has 0 unspecified atom stereocenters. The predicted octanol–water partition coefficient (Wildman–Crippen LogP) is 7.46. The Morgan fingerprint density at radius 3 is 2.58 bits per heavy atom. The number of rotatable bonds is 5. The van der Waals surface area contributed by atoms with Crippen LogP contribution >= 0.6 is 23.2 Å². The lowest BCUT2D eigenvalue weighted by Gasteiger charge is -2.11. The fraction of sp³-hybridized carbons (Fsp3) is 0.0800. The second-order valence-electron chi connectivity index (χ2n) is 6.98. The number of allylic oxidation sites excluding steroid dienone is 1. The van der Waals surface area contributed by atoms with Crippen LogP contribution < -0.4 is 10.1 Å². The van der Waals surface area contributed by atoms with Crippen molar-refractivity contribution in [2.75, 3.05) is 12.4 Å². The fourth-order valence-corrected chi connectivity index (χ4v) is 3.76. The second kappa shape index (κ2) is 8.88. The van der Waals surface area contributed by atoms with E-state index >= 15 is 0 Å². The summed E-state index contributed by atoms with van der Waals surface area (Å²) in [5.74, 6) is 0.295. The third-order valence-corrected chi connectivity index (χ3v) is 5.78. The van der Waals surface area contributed by atoms with Crippen LogP contribution in [0.4, 0.5) is 5.69 Å². The molecule has 156 valence electrons. The summed E-state index contributed by atoms with van der Waals surface area (Å²) in [5, 5.41) is 4.38. The summed E-state index contributed by atoms with van der Waals surface area (Å²) < 4.78 is 11.3. The lowest BCUT2D eigenvalue weighted by atomic mass is 9.99. The van der Waals surface area contributed by atoms with E-state index in [-0.39, 0.29) is 5.91 Å². The van der Waals surface area contributed by atoms with Gasteiger partial charge in [-0.2, -0.15) is 0 Å².